The van der Waals surface area contributed by atoms with Gasteiger partial charge in [0.25, 0.3) is 0 Å². The summed E-state index contributed by atoms with van der Waals surface area (Å²) in [6.45, 7) is 5.83. The number of carbonyl (C=O) groups excluding carboxylic acids is 1. The molecule has 0 fully saturated rings. The monoisotopic (exact) mass is 536 g/mol. The Balaban J connectivity index is 1.96. The molecule has 1 aromatic heterocycles. The molecule has 1 heterocycles. The van der Waals surface area contributed by atoms with E-state index in [1.54, 1.807) is 25.4 Å². The zero-order chi connectivity index (χ0) is 23.5. The third-order valence-corrected chi connectivity index (χ3v) is 5.13. The molecule has 5 nitrogen and oxygen atoms in total. The van der Waals surface area contributed by atoms with Gasteiger partial charge in [-0.05, 0) is 102 Å². The summed E-state index contributed by atoms with van der Waals surface area (Å²) >= 11 is 15.7. The topological polar surface area (TPSA) is 51.7 Å². The lowest BCUT2D eigenvalue weighted by atomic mass is 10.0. The molecule has 1 amide bonds. The van der Waals surface area contributed by atoms with Crippen LogP contribution < -0.4 is 4.74 Å². The van der Waals surface area contributed by atoms with Crippen LogP contribution in [0, 0.1) is 0 Å². The van der Waals surface area contributed by atoms with E-state index in [2.05, 4.69) is 20.9 Å². The van der Waals surface area contributed by atoms with Gasteiger partial charge in [-0.1, -0.05) is 23.2 Å². The molecule has 0 saturated carbocycles. The number of hydrogen-bond donors (Lipinski definition) is 0. The number of nitrogens with zero attached hydrogens (tertiary/aromatic N) is 2. The standard InChI is InChI=1S/C24H23BrCl2N2O3/c1-24(2,3)32-23(30)29(4)14-15-7-16(17-9-18(26)12-19(27)10-17)11-21(8-15)31-20-5-6-22(25)28-13-20/h5-13H,14H2,1-4H3. The van der Waals surface area contributed by atoms with Gasteiger partial charge in [0.2, 0.25) is 0 Å². The molecule has 0 aliphatic heterocycles. The fourth-order valence-corrected chi connectivity index (χ4v) is 3.70. The van der Waals surface area contributed by atoms with Crippen molar-refractivity contribution < 1.29 is 14.3 Å². The van der Waals surface area contributed by atoms with Crippen molar-refractivity contribution in [2.75, 3.05) is 7.05 Å². The Bertz CT molecular complexity index is 1090. The van der Waals surface area contributed by atoms with E-state index in [1.807, 2.05) is 57.2 Å². The Morgan fingerprint density at radius 1 is 1.00 bits per heavy atom. The van der Waals surface area contributed by atoms with Crippen molar-refractivity contribution in [3.8, 4) is 22.6 Å². The van der Waals surface area contributed by atoms with Gasteiger partial charge in [0.1, 0.15) is 21.7 Å². The van der Waals surface area contributed by atoms with E-state index < -0.39 is 11.7 Å². The van der Waals surface area contributed by atoms with E-state index in [0.29, 0.717) is 32.7 Å². The average Bonchev–Trinajstić information content (AvgIpc) is 2.67. The van der Waals surface area contributed by atoms with Crippen LogP contribution in [0.4, 0.5) is 4.79 Å². The average molecular weight is 538 g/mol. The zero-order valence-corrected chi connectivity index (χ0v) is 21.3. The van der Waals surface area contributed by atoms with E-state index in [0.717, 1.165) is 16.7 Å². The molecule has 0 spiro atoms. The second-order valence-electron chi connectivity index (χ2n) is 8.28. The van der Waals surface area contributed by atoms with Gasteiger partial charge in [-0.15, -0.1) is 0 Å². The van der Waals surface area contributed by atoms with Gasteiger partial charge in [-0.2, -0.15) is 0 Å². The predicted molar refractivity (Wildman–Crippen MR) is 132 cm³/mol. The predicted octanol–water partition coefficient (Wildman–Crippen LogP) is 7.98. The van der Waals surface area contributed by atoms with E-state index in [9.17, 15) is 4.79 Å². The number of aromatic nitrogens is 1. The third kappa shape index (κ3) is 7.12. The van der Waals surface area contributed by atoms with Crippen molar-refractivity contribution >= 4 is 45.2 Å². The molecule has 2 aromatic carbocycles. The summed E-state index contributed by atoms with van der Waals surface area (Å²) in [4.78, 5) is 18.1. The summed E-state index contributed by atoms with van der Waals surface area (Å²) in [6.07, 6.45) is 1.22. The van der Waals surface area contributed by atoms with Gasteiger partial charge >= 0.3 is 6.09 Å². The van der Waals surface area contributed by atoms with Crippen LogP contribution in [-0.2, 0) is 11.3 Å². The number of ether oxygens (including phenoxy) is 2. The van der Waals surface area contributed by atoms with Crippen LogP contribution in [0.2, 0.25) is 10.0 Å². The molecular formula is C24H23BrCl2N2O3. The van der Waals surface area contributed by atoms with Gasteiger partial charge in [0.05, 0.1) is 6.20 Å². The minimum absolute atomic E-state index is 0.325. The van der Waals surface area contributed by atoms with Crippen LogP contribution >= 0.6 is 39.1 Å². The minimum atomic E-state index is -0.576. The van der Waals surface area contributed by atoms with Crippen LogP contribution in [0.25, 0.3) is 11.1 Å². The molecule has 3 aromatic rings. The molecule has 0 atom stereocenters. The van der Waals surface area contributed by atoms with E-state index >= 15 is 0 Å². The molecule has 0 bridgehead atoms. The lowest BCUT2D eigenvalue weighted by Crippen LogP contribution is -2.33. The van der Waals surface area contributed by atoms with Gasteiger partial charge < -0.3 is 14.4 Å². The highest BCUT2D eigenvalue weighted by Crippen LogP contribution is 2.33. The van der Waals surface area contributed by atoms with Crippen LogP contribution in [0.1, 0.15) is 26.3 Å². The van der Waals surface area contributed by atoms with Crippen molar-refractivity contribution in [1.82, 2.24) is 9.88 Å². The van der Waals surface area contributed by atoms with Crippen molar-refractivity contribution in [1.29, 1.82) is 0 Å². The molecule has 0 aliphatic carbocycles. The Hall–Kier alpha value is -2.28. The summed E-state index contributed by atoms with van der Waals surface area (Å²) in [6, 6.07) is 14.7. The minimum Gasteiger partial charge on any atom is -0.456 e. The third-order valence-electron chi connectivity index (χ3n) is 4.22. The normalized spacial score (nSPS) is 11.2. The Morgan fingerprint density at radius 3 is 2.25 bits per heavy atom. The van der Waals surface area contributed by atoms with Crippen molar-refractivity contribution in [3.63, 3.8) is 0 Å². The van der Waals surface area contributed by atoms with Gasteiger partial charge in [0, 0.05) is 23.6 Å². The van der Waals surface area contributed by atoms with Gasteiger partial charge in [-0.3, -0.25) is 0 Å². The van der Waals surface area contributed by atoms with Crippen LogP contribution in [0.3, 0.4) is 0 Å². The van der Waals surface area contributed by atoms with E-state index in [4.69, 9.17) is 32.7 Å². The van der Waals surface area contributed by atoms with Crippen molar-refractivity contribution in [2.45, 2.75) is 32.9 Å². The SMILES string of the molecule is CN(Cc1cc(Oc2ccc(Br)nc2)cc(-c2cc(Cl)cc(Cl)c2)c1)C(=O)OC(C)(C)C. The summed E-state index contributed by atoms with van der Waals surface area (Å²) in [5, 5.41) is 1.06. The summed E-state index contributed by atoms with van der Waals surface area (Å²) in [5.74, 6) is 1.18. The highest BCUT2D eigenvalue weighted by Gasteiger charge is 2.20. The molecule has 0 aliphatic rings. The molecule has 0 radical (unpaired) electrons. The first kappa shape index (κ1) is 24.4. The molecule has 168 valence electrons. The molecule has 0 unspecified atom stereocenters. The molecule has 3 rings (SSSR count). The molecule has 8 heteroatoms. The fraction of sp³-hybridized carbons (Fsp3) is 0.250. The Morgan fingerprint density at radius 2 is 1.66 bits per heavy atom. The highest BCUT2D eigenvalue weighted by molar-refractivity contribution is 9.10. The molecule has 0 saturated heterocycles. The highest BCUT2D eigenvalue weighted by atomic mass is 79.9. The first-order valence-electron chi connectivity index (χ1n) is 9.82. The number of amides is 1. The number of halogens is 3. The second-order valence-corrected chi connectivity index (χ2v) is 9.96. The second kappa shape index (κ2) is 10.1. The smallest absolute Gasteiger partial charge is 0.410 e. The molecule has 32 heavy (non-hydrogen) atoms. The first-order valence-corrected chi connectivity index (χ1v) is 11.4. The van der Waals surface area contributed by atoms with E-state index in [1.165, 1.54) is 4.90 Å². The summed E-state index contributed by atoms with van der Waals surface area (Å²) in [5.41, 5.74) is 1.97. The van der Waals surface area contributed by atoms with E-state index in [-0.39, 0.29) is 0 Å². The van der Waals surface area contributed by atoms with Crippen molar-refractivity contribution in [3.05, 3.63) is 74.9 Å². The number of rotatable bonds is 5. The van der Waals surface area contributed by atoms with Crippen molar-refractivity contribution in [2.24, 2.45) is 0 Å². The number of hydrogen-bond acceptors (Lipinski definition) is 4. The molecular weight excluding hydrogens is 515 g/mol. The van der Waals surface area contributed by atoms with Crippen LogP contribution in [-0.4, -0.2) is 28.6 Å². The Kier molecular flexibility index (Phi) is 7.70. The maximum absolute atomic E-state index is 12.4. The number of carbonyl (C=O) groups is 1. The maximum atomic E-state index is 12.4. The number of pyridine rings is 1. The van der Waals surface area contributed by atoms with Crippen LogP contribution in [0.15, 0.2) is 59.3 Å². The largest absolute Gasteiger partial charge is 0.456 e. The zero-order valence-electron chi connectivity index (χ0n) is 18.2. The fourth-order valence-electron chi connectivity index (χ4n) is 2.94. The number of benzene rings is 2. The lowest BCUT2D eigenvalue weighted by molar-refractivity contribution is 0.0285. The van der Waals surface area contributed by atoms with Gasteiger partial charge in [-0.25, -0.2) is 9.78 Å². The summed E-state index contributed by atoms with van der Waals surface area (Å²) in [7, 11) is 1.69. The van der Waals surface area contributed by atoms with Crippen LogP contribution in [0.5, 0.6) is 11.5 Å². The first-order chi connectivity index (χ1) is 15.0. The Labute approximate surface area is 206 Å². The summed E-state index contributed by atoms with van der Waals surface area (Å²) < 4.78 is 12.2. The lowest BCUT2D eigenvalue weighted by Gasteiger charge is -2.25. The maximum Gasteiger partial charge on any atom is 0.410 e. The quantitative estimate of drug-likeness (QED) is 0.309. The van der Waals surface area contributed by atoms with Gasteiger partial charge in [0.15, 0.2) is 0 Å². The molecule has 0 N–H and O–H groups in total.